The van der Waals surface area contributed by atoms with E-state index in [1.165, 1.54) is 18.4 Å². The Balaban J connectivity index is 2.32. The first-order valence-corrected chi connectivity index (χ1v) is 11.5. The lowest BCUT2D eigenvalue weighted by molar-refractivity contribution is 0.0765. The molecule has 0 aliphatic carbocycles. The highest BCUT2D eigenvalue weighted by molar-refractivity contribution is 7.19. The molecule has 2 aromatic rings. The third-order valence-corrected chi connectivity index (χ3v) is 7.27. The van der Waals surface area contributed by atoms with Gasteiger partial charge in [0.25, 0.3) is 11.5 Å². The fourth-order valence-electron chi connectivity index (χ4n) is 3.90. The molecule has 1 saturated heterocycles. The van der Waals surface area contributed by atoms with Crippen molar-refractivity contribution >= 4 is 27.5 Å². The second-order valence-corrected chi connectivity index (χ2v) is 10.7. The number of carbonyl (C=O) groups excluding carboxylic acids is 1. The van der Waals surface area contributed by atoms with Crippen LogP contribution in [0.2, 0.25) is 0 Å². The van der Waals surface area contributed by atoms with Crippen LogP contribution in [0, 0.1) is 11.3 Å². The smallest absolute Gasteiger partial charge is 0.331 e. The van der Waals surface area contributed by atoms with Crippen LogP contribution in [0.15, 0.2) is 9.59 Å². The van der Waals surface area contributed by atoms with E-state index in [9.17, 15) is 19.5 Å². The summed E-state index contributed by atoms with van der Waals surface area (Å²) in [7, 11) is 1.47. The summed E-state index contributed by atoms with van der Waals surface area (Å²) in [5.41, 5.74) is -0.396. The van der Waals surface area contributed by atoms with Crippen molar-refractivity contribution < 1.29 is 9.90 Å². The highest BCUT2D eigenvalue weighted by Gasteiger charge is 2.33. The molecule has 0 saturated carbocycles. The van der Waals surface area contributed by atoms with Crippen molar-refractivity contribution in [3.8, 4) is 0 Å². The summed E-state index contributed by atoms with van der Waals surface area (Å²) in [5.74, 6) is 0.000430. The maximum Gasteiger partial charge on any atom is 0.331 e. The van der Waals surface area contributed by atoms with Gasteiger partial charge in [0.1, 0.15) is 4.83 Å². The van der Waals surface area contributed by atoms with Gasteiger partial charge in [-0.3, -0.25) is 18.7 Å². The molecule has 3 rings (SSSR count). The third kappa shape index (κ3) is 4.12. The highest BCUT2D eigenvalue weighted by Crippen LogP contribution is 2.36. The second-order valence-electron chi connectivity index (χ2n) is 9.62. The van der Waals surface area contributed by atoms with Gasteiger partial charge < -0.3 is 10.0 Å². The minimum Gasteiger partial charge on any atom is -0.391 e. The van der Waals surface area contributed by atoms with Crippen molar-refractivity contribution in [2.45, 2.75) is 66.5 Å². The van der Waals surface area contributed by atoms with Crippen LogP contribution in [0.1, 0.15) is 62.7 Å². The molecule has 166 valence electrons. The Morgan fingerprint density at radius 1 is 1.30 bits per heavy atom. The first-order valence-electron chi connectivity index (χ1n) is 10.7. The van der Waals surface area contributed by atoms with E-state index >= 15 is 0 Å². The summed E-state index contributed by atoms with van der Waals surface area (Å²) in [6.45, 7) is 11.7. The van der Waals surface area contributed by atoms with Gasteiger partial charge in [-0.05, 0) is 24.2 Å². The predicted octanol–water partition coefficient (Wildman–Crippen LogP) is 2.60. The minimum absolute atomic E-state index is 0.0468. The van der Waals surface area contributed by atoms with Crippen molar-refractivity contribution in [2.24, 2.45) is 18.4 Å². The maximum absolute atomic E-state index is 13.5. The van der Waals surface area contributed by atoms with Gasteiger partial charge in [-0.25, -0.2) is 4.79 Å². The van der Waals surface area contributed by atoms with Crippen LogP contribution in [-0.4, -0.2) is 44.2 Å². The van der Waals surface area contributed by atoms with Crippen molar-refractivity contribution in [1.29, 1.82) is 0 Å². The molecular formula is C22H33N3O4S. The molecule has 3 heterocycles. The van der Waals surface area contributed by atoms with Gasteiger partial charge in [0, 0.05) is 31.6 Å². The summed E-state index contributed by atoms with van der Waals surface area (Å²) >= 11 is 1.40. The Morgan fingerprint density at radius 3 is 2.50 bits per heavy atom. The molecule has 0 radical (unpaired) electrons. The van der Waals surface area contributed by atoms with Gasteiger partial charge >= 0.3 is 5.69 Å². The lowest BCUT2D eigenvalue weighted by atomic mass is 9.85. The normalized spacial score (nSPS) is 17.5. The summed E-state index contributed by atoms with van der Waals surface area (Å²) < 4.78 is 2.76. The number of aromatic nitrogens is 2. The molecule has 1 aliphatic heterocycles. The monoisotopic (exact) mass is 435 g/mol. The highest BCUT2D eigenvalue weighted by atomic mass is 32.1. The molecule has 8 heteroatoms. The lowest BCUT2D eigenvalue weighted by Crippen LogP contribution is -2.39. The van der Waals surface area contributed by atoms with E-state index < -0.39 is 11.7 Å². The van der Waals surface area contributed by atoms with E-state index in [-0.39, 0.29) is 29.5 Å². The van der Waals surface area contributed by atoms with Crippen molar-refractivity contribution in [1.82, 2.24) is 14.0 Å². The number of carbonyl (C=O) groups is 1. The standard InChI is InChI=1S/C22H33N3O4S/c1-7-22(4,5)10-15-16(19(28)24-9-8-14(26)12-24)17-18(27)23(6)21(29)25(11-13(2)3)20(17)30-15/h13-14,26H,7-12H2,1-6H3. The zero-order chi connectivity index (χ0) is 22.4. The molecule has 7 nitrogen and oxygen atoms in total. The molecule has 1 N–H and O–H groups in total. The van der Waals surface area contributed by atoms with Crippen molar-refractivity contribution in [3.63, 3.8) is 0 Å². The average molecular weight is 436 g/mol. The van der Waals surface area contributed by atoms with E-state index in [4.69, 9.17) is 0 Å². The molecule has 1 fully saturated rings. The molecule has 0 aromatic carbocycles. The van der Waals surface area contributed by atoms with Crippen LogP contribution in [0.5, 0.6) is 0 Å². The van der Waals surface area contributed by atoms with Crippen LogP contribution in [0.25, 0.3) is 10.2 Å². The van der Waals surface area contributed by atoms with E-state index in [0.29, 0.717) is 41.7 Å². The van der Waals surface area contributed by atoms with Gasteiger partial charge in [-0.2, -0.15) is 0 Å². The van der Waals surface area contributed by atoms with E-state index in [2.05, 4.69) is 20.8 Å². The first-order chi connectivity index (χ1) is 14.0. The fourth-order valence-corrected chi connectivity index (χ4v) is 5.44. The number of hydrogen-bond donors (Lipinski definition) is 1. The fraction of sp³-hybridized carbons (Fsp3) is 0.682. The maximum atomic E-state index is 13.5. The molecule has 2 aromatic heterocycles. The number of likely N-dealkylation sites (tertiary alicyclic amines) is 1. The van der Waals surface area contributed by atoms with Crippen molar-refractivity contribution in [3.05, 3.63) is 31.3 Å². The van der Waals surface area contributed by atoms with Gasteiger partial charge in [0.05, 0.1) is 17.1 Å². The van der Waals surface area contributed by atoms with E-state index in [0.717, 1.165) is 15.9 Å². The lowest BCUT2D eigenvalue weighted by Gasteiger charge is -2.23. The third-order valence-electron chi connectivity index (χ3n) is 6.05. The molecular weight excluding hydrogens is 402 g/mol. The number of hydrogen-bond acceptors (Lipinski definition) is 5. The molecule has 30 heavy (non-hydrogen) atoms. The minimum atomic E-state index is -0.531. The van der Waals surface area contributed by atoms with Crippen molar-refractivity contribution in [2.75, 3.05) is 13.1 Å². The zero-order valence-corrected chi connectivity index (χ0v) is 19.6. The Bertz CT molecular complexity index is 1080. The molecule has 1 amide bonds. The number of aliphatic hydroxyl groups is 1. The number of nitrogens with zero attached hydrogens (tertiary/aromatic N) is 3. The van der Waals surface area contributed by atoms with Gasteiger partial charge in [-0.15, -0.1) is 11.3 Å². The molecule has 0 spiro atoms. The number of thiophene rings is 1. The van der Waals surface area contributed by atoms with Gasteiger partial charge in [0.15, 0.2) is 0 Å². The zero-order valence-electron chi connectivity index (χ0n) is 18.8. The second kappa shape index (κ2) is 8.30. The molecule has 1 aliphatic rings. The Hall–Kier alpha value is -1.93. The summed E-state index contributed by atoms with van der Waals surface area (Å²) in [5, 5.41) is 10.3. The predicted molar refractivity (Wildman–Crippen MR) is 120 cm³/mol. The molecule has 1 atom stereocenters. The summed E-state index contributed by atoms with van der Waals surface area (Å²) in [6.07, 6.45) is 1.59. The topological polar surface area (TPSA) is 84.5 Å². The Kier molecular flexibility index (Phi) is 6.30. The average Bonchev–Trinajstić information content (AvgIpc) is 3.26. The van der Waals surface area contributed by atoms with Gasteiger partial charge in [0.2, 0.25) is 0 Å². The van der Waals surface area contributed by atoms with Gasteiger partial charge in [-0.1, -0.05) is 41.0 Å². The quantitative estimate of drug-likeness (QED) is 0.756. The number of fused-ring (bicyclic) bond motifs is 1. The Morgan fingerprint density at radius 2 is 1.97 bits per heavy atom. The van der Waals surface area contributed by atoms with E-state index in [1.54, 1.807) is 9.47 Å². The summed E-state index contributed by atoms with van der Waals surface area (Å²) in [4.78, 5) is 42.6. The van der Waals surface area contributed by atoms with Crippen LogP contribution in [0.3, 0.4) is 0 Å². The molecule has 0 bridgehead atoms. The number of amides is 1. The number of β-amino-alcohol motifs (C(OH)–C–C–N with tert-alkyl or cyclic N) is 1. The summed E-state index contributed by atoms with van der Waals surface area (Å²) in [6, 6.07) is 0. The largest absolute Gasteiger partial charge is 0.391 e. The van der Waals surface area contributed by atoms with Crippen LogP contribution < -0.4 is 11.2 Å². The number of rotatable bonds is 6. The molecule has 1 unspecified atom stereocenters. The van der Waals surface area contributed by atoms with Crippen LogP contribution >= 0.6 is 11.3 Å². The SMILES string of the molecule is CCC(C)(C)Cc1sc2c(c1C(=O)N1CCC(O)C1)c(=O)n(C)c(=O)n2CC(C)C. The van der Waals surface area contributed by atoms with Crippen LogP contribution in [0.4, 0.5) is 0 Å². The van der Waals surface area contributed by atoms with E-state index in [1.807, 2.05) is 13.8 Å². The number of aliphatic hydroxyl groups excluding tert-OH is 1. The first kappa shape index (κ1) is 22.7. The Labute approximate surface area is 180 Å². The van der Waals surface area contributed by atoms with Crippen LogP contribution in [-0.2, 0) is 20.0 Å².